The summed E-state index contributed by atoms with van der Waals surface area (Å²) in [5.74, 6) is -0.751. The molecule has 2 aromatic rings. The molecular formula is C19H21NO4. The summed E-state index contributed by atoms with van der Waals surface area (Å²) in [6.45, 7) is 4.14. The Bertz CT molecular complexity index is 692. The average Bonchev–Trinajstić information content (AvgIpc) is 2.52. The van der Waals surface area contributed by atoms with Gasteiger partial charge in [0.1, 0.15) is 5.75 Å². The molecule has 0 spiro atoms. The number of nitrogens with one attached hydrogen (secondary N) is 1. The van der Waals surface area contributed by atoms with Gasteiger partial charge in [-0.25, -0.2) is 4.79 Å². The zero-order valence-electron chi connectivity index (χ0n) is 13.8. The van der Waals surface area contributed by atoms with Gasteiger partial charge >= 0.3 is 5.97 Å². The molecular weight excluding hydrogens is 306 g/mol. The quantitative estimate of drug-likeness (QED) is 0.819. The van der Waals surface area contributed by atoms with Crippen LogP contribution in [-0.4, -0.2) is 23.6 Å². The van der Waals surface area contributed by atoms with Crippen LogP contribution in [0.1, 0.15) is 29.2 Å². The number of ether oxygens (including phenoxy) is 1. The van der Waals surface area contributed by atoms with Crippen molar-refractivity contribution in [2.75, 3.05) is 6.61 Å². The van der Waals surface area contributed by atoms with Gasteiger partial charge in [0, 0.05) is 0 Å². The third-order valence-electron chi connectivity index (χ3n) is 3.48. The Morgan fingerprint density at radius 3 is 2.29 bits per heavy atom. The summed E-state index contributed by atoms with van der Waals surface area (Å²) < 4.78 is 5.58. The zero-order valence-corrected chi connectivity index (χ0v) is 13.8. The van der Waals surface area contributed by atoms with Gasteiger partial charge in [0.15, 0.2) is 6.04 Å². The van der Waals surface area contributed by atoms with Crippen LogP contribution in [0, 0.1) is 13.8 Å². The maximum absolute atomic E-state index is 12.0. The van der Waals surface area contributed by atoms with Gasteiger partial charge in [-0.3, -0.25) is 4.79 Å². The summed E-state index contributed by atoms with van der Waals surface area (Å²) in [6.07, 6.45) is 0.0869. The van der Waals surface area contributed by atoms with Crippen molar-refractivity contribution in [2.24, 2.45) is 0 Å². The number of carboxylic acids is 1. The van der Waals surface area contributed by atoms with E-state index >= 15 is 0 Å². The molecule has 24 heavy (non-hydrogen) atoms. The lowest BCUT2D eigenvalue weighted by Crippen LogP contribution is -2.34. The molecule has 0 unspecified atom stereocenters. The highest BCUT2D eigenvalue weighted by atomic mass is 16.5. The Morgan fingerprint density at radius 1 is 1.08 bits per heavy atom. The van der Waals surface area contributed by atoms with Crippen LogP contribution >= 0.6 is 0 Å². The van der Waals surface area contributed by atoms with Gasteiger partial charge in [0.2, 0.25) is 5.91 Å². The number of rotatable bonds is 7. The van der Waals surface area contributed by atoms with Gasteiger partial charge in [-0.15, -0.1) is 0 Å². The Labute approximate surface area is 141 Å². The van der Waals surface area contributed by atoms with Crippen molar-refractivity contribution in [1.82, 2.24) is 5.32 Å². The first-order valence-corrected chi connectivity index (χ1v) is 7.74. The SMILES string of the molecule is Cc1cc(C)cc(OCCC(=O)N[C@@H](C(=O)O)c2ccccc2)c1. The summed E-state index contributed by atoms with van der Waals surface area (Å²) in [4.78, 5) is 23.4. The van der Waals surface area contributed by atoms with Gasteiger partial charge in [0.25, 0.3) is 0 Å². The molecule has 0 aliphatic heterocycles. The van der Waals surface area contributed by atoms with E-state index in [4.69, 9.17) is 4.74 Å². The first-order valence-electron chi connectivity index (χ1n) is 7.74. The van der Waals surface area contributed by atoms with Crippen molar-refractivity contribution in [3.8, 4) is 5.75 Å². The molecule has 0 radical (unpaired) electrons. The minimum atomic E-state index is -1.09. The first-order chi connectivity index (χ1) is 11.5. The lowest BCUT2D eigenvalue weighted by Gasteiger charge is -2.15. The first kappa shape index (κ1) is 17.5. The van der Waals surface area contributed by atoms with Crippen LogP contribution in [0.3, 0.4) is 0 Å². The fourth-order valence-corrected chi connectivity index (χ4v) is 2.44. The van der Waals surface area contributed by atoms with E-state index in [0.29, 0.717) is 11.3 Å². The Kier molecular flexibility index (Phi) is 5.95. The summed E-state index contributed by atoms with van der Waals surface area (Å²) in [5.41, 5.74) is 2.71. The average molecular weight is 327 g/mol. The van der Waals surface area contributed by atoms with E-state index < -0.39 is 12.0 Å². The largest absolute Gasteiger partial charge is 0.493 e. The fourth-order valence-electron chi connectivity index (χ4n) is 2.44. The van der Waals surface area contributed by atoms with Crippen molar-refractivity contribution in [1.29, 1.82) is 0 Å². The van der Waals surface area contributed by atoms with Crippen LogP contribution in [0.5, 0.6) is 5.75 Å². The summed E-state index contributed by atoms with van der Waals surface area (Å²) in [5, 5.41) is 11.8. The van der Waals surface area contributed by atoms with Crippen molar-refractivity contribution >= 4 is 11.9 Å². The van der Waals surface area contributed by atoms with Gasteiger partial charge in [-0.2, -0.15) is 0 Å². The van der Waals surface area contributed by atoms with Gasteiger partial charge in [0.05, 0.1) is 13.0 Å². The highest BCUT2D eigenvalue weighted by molar-refractivity contribution is 5.84. The number of hydrogen-bond donors (Lipinski definition) is 2. The van der Waals surface area contributed by atoms with Crippen LogP contribution in [0.25, 0.3) is 0 Å². The molecule has 0 saturated heterocycles. The second-order valence-corrected chi connectivity index (χ2v) is 5.67. The fraction of sp³-hybridized carbons (Fsp3) is 0.263. The normalized spacial score (nSPS) is 11.6. The maximum Gasteiger partial charge on any atom is 0.330 e. The zero-order chi connectivity index (χ0) is 17.5. The molecule has 0 saturated carbocycles. The second kappa shape index (κ2) is 8.15. The standard InChI is InChI=1S/C19H21NO4/c1-13-10-14(2)12-16(11-13)24-9-8-17(21)20-18(19(22)23)15-6-4-3-5-7-15/h3-7,10-12,18H,8-9H2,1-2H3,(H,20,21)(H,22,23)/t18-/m1/s1. The number of aliphatic carboxylic acids is 1. The smallest absolute Gasteiger partial charge is 0.330 e. The van der Waals surface area contributed by atoms with E-state index in [-0.39, 0.29) is 18.9 Å². The predicted octanol–water partition coefficient (Wildman–Crippen LogP) is 3.01. The minimum Gasteiger partial charge on any atom is -0.493 e. The topological polar surface area (TPSA) is 75.6 Å². The molecule has 1 atom stereocenters. The van der Waals surface area contributed by atoms with E-state index in [0.717, 1.165) is 11.1 Å². The molecule has 0 fully saturated rings. The number of amides is 1. The number of carbonyl (C=O) groups is 2. The molecule has 5 nitrogen and oxygen atoms in total. The van der Waals surface area contributed by atoms with Crippen molar-refractivity contribution in [3.63, 3.8) is 0 Å². The lowest BCUT2D eigenvalue weighted by atomic mass is 10.1. The monoisotopic (exact) mass is 327 g/mol. The molecule has 1 amide bonds. The van der Waals surface area contributed by atoms with Gasteiger partial charge in [-0.1, -0.05) is 36.4 Å². The summed E-state index contributed by atoms with van der Waals surface area (Å²) in [7, 11) is 0. The highest BCUT2D eigenvalue weighted by Crippen LogP contribution is 2.16. The van der Waals surface area contributed by atoms with E-state index in [1.165, 1.54) is 0 Å². The summed E-state index contributed by atoms with van der Waals surface area (Å²) in [6, 6.07) is 13.4. The highest BCUT2D eigenvalue weighted by Gasteiger charge is 2.21. The molecule has 0 aromatic heterocycles. The van der Waals surface area contributed by atoms with Crippen LogP contribution in [-0.2, 0) is 9.59 Å². The van der Waals surface area contributed by atoms with Gasteiger partial charge in [-0.05, 0) is 42.7 Å². The Hall–Kier alpha value is -2.82. The summed E-state index contributed by atoms with van der Waals surface area (Å²) >= 11 is 0. The molecule has 0 heterocycles. The number of aryl methyl sites for hydroxylation is 2. The minimum absolute atomic E-state index is 0.0869. The number of carbonyl (C=O) groups excluding carboxylic acids is 1. The number of carboxylic acid groups (broad SMARTS) is 1. The van der Waals surface area contributed by atoms with Crippen LogP contribution < -0.4 is 10.1 Å². The molecule has 0 aliphatic carbocycles. The Morgan fingerprint density at radius 2 is 1.71 bits per heavy atom. The molecule has 0 bridgehead atoms. The van der Waals surface area contributed by atoms with Crippen LogP contribution in [0.2, 0.25) is 0 Å². The molecule has 0 aliphatic rings. The Balaban J connectivity index is 1.88. The van der Waals surface area contributed by atoms with E-state index in [2.05, 4.69) is 5.32 Å². The van der Waals surface area contributed by atoms with Crippen molar-refractivity contribution < 1.29 is 19.4 Å². The van der Waals surface area contributed by atoms with Crippen molar-refractivity contribution in [3.05, 3.63) is 65.2 Å². The molecule has 5 heteroatoms. The number of hydrogen-bond acceptors (Lipinski definition) is 3. The molecule has 2 rings (SSSR count). The van der Waals surface area contributed by atoms with E-state index in [1.54, 1.807) is 30.3 Å². The molecule has 2 N–H and O–H groups in total. The van der Waals surface area contributed by atoms with Crippen molar-refractivity contribution in [2.45, 2.75) is 26.3 Å². The lowest BCUT2D eigenvalue weighted by molar-refractivity contribution is -0.142. The third-order valence-corrected chi connectivity index (χ3v) is 3.48. The van der Waals surface area contributed by atoms with E-state index in [9.17, 15) is 14.7 Å². The third kappa shape index (κ3) is 5.12. The maximum atomic E-state index is 12.0. The van der Waals surface area contributed by atoms with Crippen LogP contribution in [0.4, 0.5) is 0 Å². The second-order valence-electron chi connectivity index (χ2n) is 5.67. The number of benzene rings is 2. The van der Waals surface area contributed by atoms with E-state index in [1.807, 2.05) is 32.0 Å². The van der Waals surface area contributed by atoms with Gasteiger partial charge < -0.3 is 15.2 Å². The molecule has 2 aromatic carbocycles. The molecule has 126 valence electrons. The predicted molar refractivity (Wildman–Crippen MR) is 91.0 cm³/mol. The van der Waals surface area contributed by atoms with Crippen LogP contribution in [0.15, 0.2) is 48.5 Å².